The molecule has 0 bridgehead atoms. The molecule has 2 rings (SSSR count). The maximum Gasteiger partial charge on any atom is 0.254 e. The van der Waals surface area contributed by atoms with E-state index in [1.54, 1.807) is 6.07 Å². The van der Waals surface area contributed by atoms with Crippen LogP contribution in [0.1, 0.15) is 15.9 Å². The fourth-order valence-corrected chi connectivity index (χ4v) is 2.36. The average Bonchev–Trinajstić information content (AvgIpc) is 2.55. The van der Waals surface area contributed by atoms with Crippen molar-refractivity contribution in [3.05, 3.63) is 63.9 Å². The molecule has 2 aromatic rings. The van der Waals surface area contributed by atoms with Gasteiger partial charge in [0.05, 0.1) is 5.56 Å². The van der Waals surface area contributed by atoms with Gasteiger partial charge in [0.2, 0.25) is 0 Å². The summed E-state index contributed by atoms with van der Waals surface area (Å²) in [5, 5.41) is 2.71. The molecule has 0 fully saturated rings. The van der Waals surface area contributed by atoms with E-state index in [4.69, 9.17) is 4.74 Å². The van der Waals surface area contributed by atoms with Crippen LogP contribution in [-0.2, 0) is 6.54 Å². The number of amides is 1. The molecule has 4 nitrogen and oxygen atoms in total. The molecule has 2 aromatic carbocycles. The molecule has 6 heteroatoms. The van der Waals surface area contributed by atoms with Crippen LogP contribution in [0.25, 0.3) is 0 Å². The highest BCUT2D eigenvalue weighted by atomic mass is 79.9. The SMILES string of the molecule is CN(C)CCOc1ccc(CNC(=O)c2cc(Br)ccc2F)cc1. The Kier molecular flexibility index (Phi) is 6.75. The third-order valence-corrected chi connectivity index (χ3v) is 3.85. The molecule has 0 unspecified atom stereocenters. The lowest BCUT2D eigenvalue weighted by atomic mass is 10.2. The Morgan fingerprint density at radius 3 is 2.58 bits per heavy atom. The number of ether oxygens (including phenoxy) is 1. The van der Waals surface area contributed by atoms with Gasteiger partial charge in [0, 0.05) is 17.6 Å². The van der Waals surface area contributed by atoms with Gasteiger partial charge < -0.3 is 15.0 Å². The van der Waals surface area contributed by atoms with Crippen molar-refractivity contribution in [1.82, 2.24) is 10.2 Å². The molecule has 128 valence electrons. The van der Waals surface area contributed by atoms with Gasteiger partial charge in [0.25, 0.3) is 5.91 Å². The Bertz CT molecular complexity index is 690. The van der Waals surface area contributed by atoms with Crippen molar-refractivity contribution in [3.63, 3.8) is 0 Å². The molecular weight excluding hydrogens is 375 g/mol. The van der Waals surface area contributed by atoms with Gasteiger partial charge in [-0.25, -0.2) is 4.39 Å². The zero-order valence-electron chi connectivity index (χ0n) is 13.7. The predicted octanol–water partition coefficient (Wildman–Crippen LogP) is 3.46. The van der Waals surface area contributed by atoms with Gasteiger partial charge in [-0.1, -0.05) is 28.1 Å². The van der Waals surface area contributed by atoms with Crippen LogP contribution >= 0.6 is 15.9 Å². The number of nitrogens with zero attached hydrogens (tertiary/aromatic N) is 1. The maximum absolute atomic E-state index is 13.7. The smallest absolute Gasteiger partial charge is 0.254 e. The summed E-state index contributed by atoms with van der Waals surface area (Å²) in [6, 6.07) is 11.8. The van der Waals surface area contributed by atoms with Crippen molar-refractivity contribution in [2.24, 2.45) is 0 Å². The summed E-state index contributed by atoms with van der Waals surface area (Å²) >= 11 is 3.23. The molecule has 0 spiro atoms. The minimum atomic E-state index is -0.541. The first-order valence-electron chi connectivity index (χ1n) is 7.55. The monoisotopic (exact) mass is 394 g/mol. The number of carbonyl (C=O) groups is 1. The molecule has 0 radical (unpaired) electrons. The Morgan fingerprint density at radius 1 is 1.21 bits per heavy atom. The summed E-state index contributed by atoms with van der Waals surface area (Å²) in [6.45, 7) is 1.78. The maximum atomic E-state index is 13.7. The van der Waals surface area contributed by atoms with Crippen molar-refractivity contribution < 1.29 is 13.9 Å². The largest absolute Gasteiger partial charge is 0.492 e. The molecule has 0 aliphatic heterocycles. The van der Waals surface area contributed by atoms with Gasteiger partial charge in [-0.2, -0.15) is 0 Å². The first kappa shape index (κ1) is 18.4. The van der Waals surface area contributed by atoms with E-state index in [0.717, 1.165) is 17.9 Å². The van der Waals surface area contributed by atoms with Crippen LogP contribution in [0, 0.1) is 5.82 Å². The van der Waals surface area contributed by atoms with E-state index in [-0.39, 0.29) is 5.56 Å². The zero-order valence-corrected chi connectivity index (χ0v) is 15.3. The molecule has 0 atom stereocenters. The Labute approximate surface area is 149 Å². The molecule has 0 aromatic heterocycles. The third kappa shape index (κ3) is 5.62. The number of rotatable bonds is 7. The fraction of sp³-hybridized carbons (Fsp3) is 0.278. The quantitative estimate of drug-likeness (QED) is 0.781. The van der Waals surface area contributed by atoms with Gasteiger partial charge >= 0.3 is 0 Å². The molecule has 0 aliphatic carbocycles. The normalized spacial score (nSPS) is 10.7. The average molecular weight is 395 g/mol. The van der Waals surface area contributed by atoms with Crippen LogP contribution < -0.4 is 10.1 Å². The number of halogens is 2. The Morgan fingerprint density at radius 2 is 1.92 bits per heavy atom. The third-order valence-electron chi connectivity index (χ3n) is 3.36. The lowest BCUT2D eigenvalue weighted by Crippen LogP contribution is -2.23. The van der Waals surface area contributed by atoms with E-state index in [9.17, 15) is 9.18 Å². The second kappa shape index (κ2) is 8.80. The lowest BCUT2D eigenvalue weighted by Gasteiger charge is -2.11. The molecule has 1 N–H and O–H groups in total. The van der Waals surface area contributed by atoms with E-state index in [1.165, 1.54) is 12.1 Å². The number of carbonyl (C=O) groups excluding carboxylic acids is 1. The first-order valence-corrected chi connectivity index (χ1v) is 8.35. The highest BCUT2D eigenvalue weighted by Crippen LogP contribution is 2.16. The van der Waals surface area contributed by atoms with Gasteiger partial charge in [0.15, 0.2) is 0 Å². The van der Waals surface area contributed by atoms with E-state index < -0.39 is 11.7 Å². The van der Waals surface area contributed by atoms with Crippen LogP contribution in [0.2, 0.25) is 0 Å². The first-order chi connectivity index (χ1) is 11.5. The predicted molar refractivity (Wildman–Crippen MR) is 95.8 cm³/mol. The van der Waals surface area contributed by atoms with Crippen LogP contribution in [0.5, 0.6) is 5.75 Å². The van der Waals surface area contributed by atoms with E-state index in [2.05, 4.69) is 21.2 Å². The molecule has 0 saturated carbocycles. The van der Waals surface area contributed by atoms with Gasteiger partial charge in [-0.05, 0) is 50.0 Å². The van der Waals surface area contributed by atoms with Crippen molar-refractivity contribution >= 4 is 21.8 Å². The molecule has 0 saturated heterocycles. The summed E-state index contributed by atoms with van der Waals surface area (Å²) in [5.41, 5.74) is 0.937. The van der Waals surface area contributed by atoms with Gasteiger partial charge in [-0.3, -0.25) is 4.79 Å². The van der Waals surface area contributed by atoms with Crippen molar-refractivity contribution in [2.45, 2.75) is 6.54 Å². The summed E-state index contributed by atoms with van der Waals surface area (Å²) in [7, 11) is 3.98. The number of benzene rings is 2. The molecule has 0 heterocycles. The summed E-state index contributed by atoms with van der Waals surface area (Å²) in [4.78, 5) is 14.1. The van der Waals surface area contributed by atoms with Crippen molar-refractivity contribution in [2.75, 3.05) is 27.2 Å². The highest BCUT2D eigenvalue weighted by molar-refractivity contribution is 9.10. The zero-order chi connectivity index (χ0) is 17.5. The number of hydrogen-bond acceptors (Lipinski definition) is 3. The van der Waals surface area contributed by atoms with Gasteiger partial charge in [0.1, 0.15) is 18.2 Å². The minimum Gasteiger partial charge on any atom is -0.492 e. The number of likely N-dealkylation sites (N-methyl/N-ethyl adjacent to an activating group) is 1. The minimum absolute atomic E-state index is 0.0213. The van der Waals surface area contributed by atoms with Crippen molar-refractivity contribution in [1.29, 1.82) is 0 Å². The van der Waals surface area contributed by atoms with Crippen LogP contribution in [-0.4, -0.2) is 38.1 Å². The second-order valence-corrected chi connectivity index (χ2v) is 6.52. The molecule has 1 amide bonds. The lowest BCUT2D eigenvalue weighted by molar-refractivity contribution is 0.0947. The van der Waals surface area contributed by atoms with E-state index in [1.807, 2.05) is 43.3 Å². The van der Waals surface area contributed by atoms with Gasteiger partial charge in [-0.15, -0.1) is 0 Å². The summed E-state index contributed by atoms with van der Waals surface area (Å²) in [5.74, 6) is -0.203. The van der Waals surface area contributed by atoms with Crippen LogP contribution in [0.4, 0.5) is 4.39 Å². The standard InChI is InChI=1S/C18H20BrFN2O2/c1-22(2)9-10-24-15-6-3-13(4-7-15)12-21-18(23)16-11-14(19)5-8-17(16)20/h3-8,11H,9-10,12H2,1-2H3,(H,21,23). The molecular formula is C18H20BrFN2O2. The number of nitrogens with one attached hydrogen (secondary N) is 1. The van der Waals surface area contributed by atoms with Crippen LogP contribution in [0.15, 0.2) is 46.9 Å². The number of hydrogen-bond donors (Lipinski definition) is 1. The van der Waals surface area contributed by atoms with E-state index in [0.29, 0.717) is 17.6 Å². The van der Waals surface area contributed by atoms with E-state index >= 15 is 0 Å². The molecule has 24 heavy (non-hydrogen) atoms. The fourth-order valence-electron chi connectivity index (χ4n) is 2.00. The van der Waals surface area contributed by atoms with Crippen molar-refractivity contribution in [3.8, 4) is 5.75 Å². The Balaban J connectivity index is 1.87. The topological polar surface area (TPSA) is 41.6 Å². The summed E-state index contributed by atoms with van der Waals surface area (Å²) in [6.07, 6.45) is 0. The Hall–Kier alpha value is -1.92. The molecule has 0 aliphatic rings. The van der Waals surface area contributed by atoms with Crippen LogP contribution in [0.3, 0.4) is 0 Å². The highest BCUT2D eigenvalue weighted by Gasteiger charge is 2.11. The second-order valence-electron chi connectivity index (χ2n) is 5.60. The summed E-state index contributed by atoms with van der Waals surface area (Å²) < 4.78 is 19.9.